The third-order valence-corrected chi connectivity index (χ3v) is 5.75. The molecule has 0 saturated carbocycles. The predicted octanol–water partition coefficient (Wildman–Crippen LogP) is 7.32. The second-order valence-electron chi connectivity index (χ2n) is 9.15. The maximum absolute atomic E-state index is 10.5. The molecule has 0 fully saturated rings. The number of rotatable bonds is 23. The number of hydrogen-bond donors (Lipinski definition) is 2. The Kier molecular flexibility index (Phi) is 28.9. The van der Waals surface area contributed by atoms with Crippen LogP contribution in [0.5, 0.6) is 0 Å². The normalized spacial score (nSPS) is 10.8. The number of nitrogens with zero attached hydrogens (tertiary/aromatic N) is 1. The van der Waals surface area contributed by atoms with Crippen molar-refractivity contribution < 1.29 is 14.7 Å². The molecule has 0 radical (unpaired) electrons. The van der Waals surface area contributed by atoms with Crippen LogP contribution in [0.4, 0.5) is 0 Å². The van der Waals surface area contributed by atoms with E-state index in [0.29, 0.717) is 12.8 Å². The number of carboxylic acids is 1. The first-order valence-electron chi connectivity index (χ1n) is 13.7. The van der Waals surface area contributed by atoms with Crippen molar-refractivity contribution in [2.75, 3.05) is 19.6 Å². The van der Waals surface area contributed by atoms with Crippen molar-refractivity contribution in [1.82, 2.24) is 4.90 Å². The lowest BCUT2D eigenvalue weighted by Crippen LogP contribution is -2.29. The third-order valence-electron chi connectivity index (χ3n) is 5.75. The molecule has 0 aromatic rings. The Morgan fingerprint density at radius 3 is 1.25 bits per heavy atom. The number of nitrogens with two attached hydrogens (primary N) is 1. The Morgan fingerprint density at radius 1 is 0.562 bits per heavy atom. The molecule has 0 atom stereocenters. The predicted molar refractivity (Wildman–Crippen MR) is 138 cm³/mol. The molecule has 192 valence electrons. The first kappa shape index (κ1) is 33.1. The highest BCUT2D eigenvalue weighted by atomic mass is 16.4. The van der Waals surface area contributed by atoms with Crippen LogP contribution < -0.4 is 5.73 Å². The second kappa shape index (κ2) is 27.9. The second-order valence-corrected chi connectivity index (χ2v) is 9.15. The number of carbonyl (C=O) groups excluding carboxylic acids is 1. The Hall–Kier alpha value is -1.10. The van der Waals surface area contributed by atoms with Crippen LogP contribution in [-0.4, -0.2) is 41.5 Å². The zero-order chi connectivity index (χ0) is 24.3. The van der Waals surface area contributed by atoms with E-state index in [1.165, 1.54) is 83.5 Å². The average molecular weight is 457 g/mol. The Labute approximate surface area is 199 Å². The number of primary amides is 1. The fourth-order valence-corrected chi connectivity index (χ4v) is 3.88. The van der Waals surface area contributed by atoms with Gasteiger partial charge in [0.25, 0.3) is 0 Å². The summed E-state index contributed by atoms with van der Waals surface area (Å²) in [5, 5.41) is 8.52. The standard InChI is InChI=1S/C18H36O2.C9H20N2O/c1-2-3-4-5-6-7-8-9-10-11-12-13-14-15-16-17-18(19)20;1-3-6-11(7-4-2)8-5-9(10)12/h2-17H2,1H3,(H,19,20);3-8H2,1-2H3,(H2,10,12). The first-order chi connectivity index (χ1) is 15.5. The largest absolute Gasteiger partial charge is 0.481 e. The Bertz CT molecular complexity index is 396. The quantitative estimate of drug-likeness (QED) is 0.158. The monoisotopic (exact) mass is 456 g/mol. The van der Waals surface area contributed by atoms with Gasteiger partial charge in [-0.3, -0.25) is 9.59 Å². The van der Waals surface area contributed by atoms with Crippen molar-refractivity contribution in [1.29, 1.82) is 0 Å². The van der Waals surface area contributed by atoms with Crippen LogP contribution in [0.3, 0.4) is 0 Å². The van der Waals surface area contributed by atoms with Gasteiger partial charge in [-0.1, -0.05) is 111 Å². The number of carboxylic acid groups (broad SMARTS) is 1. The van der Waals surface area contributed by atoms with E-state index in [0.717, 1.165) is 45.3 Å². The summed E-state index contributed by atoms with van der Waals surface area (Å²) in [5.74, 6) is -0.855. The number of carbonyl (C=O) groups is 2. The molecule has 5 nitrogen and oxygen atoms in total. The van der Waals surface area contributed by atoms with Gasteiger partial charge in [-0.15, -0.1) is 0 Å². The lowest BCUT2D eigenvalue weighted by Gasteiger charge is -2.19. The van der Waals surface area contributed by atoms with Gasteiger partial charge in [0.15, 0.2) is 0 Å². The maximum atomic E-state index is 10.5. The smallest absolute Gasteiger partial charge is 0.303 e. The fraction of sp³-hybridized carbons (Fsp3) is 0.926. The van der Waals surface area contributed by atoms with Crippen molar-refractivity contribution in [2.45, 2.75) is 143 Å². The van der Waals surface area contributed by atoms with E-state index in [1.54, 1.807) is 0 Å². The minimum Gasteiger partial charge on any atom is -0.481 e. The number of hydrogen-bond acceptors (Lipinski definition) is 3. The van der Waals surface area contributed by atoms with Crippen molar-refractivity contribution in [3.05, 3.63) is 0 Å². The van der Waals surface area contributed by atoms with Gasteiger partial charge in [0.2, 0.25) is 5.91 Å². The minimum absolute atomic E-state index is 0.202. The molecule has 0 saturated heterocycles. The highest BCUT2D eigenvalue weighted by Gasteiger charge is 2.03. The van der Waals surface area contributed by atoms with Crippen LogP contribution >= 0.6 is 0 Å². The van der Waals surface area contributed by atoms with Crippen molar-refractivity contribution in [3.63, 3.8) is 0 Å². The van der Waals surface area contributed by atoms with E-state index in [4.69, 9.17) is 10.8 Å². The van der Waals surface area contributed by atoms with E-state index in [9.17, 15) is 9.59 Å². The lowest BCUT2D eigenvalue weighted by atomic mass is 10.0. The van der Waals surface area contributed by atoms with Gasteiger partial charge in [0.1, 0.15) is 0 Å². The fourth-order valence-electron chi connectivity index (χ4n) is 3.88. The molecular formula is C27H56N2O3. The molecule has 32 heavy (non-hydrogen) atoms. The summed E-state index contributed by atoms with van der Waals surface area (Å²) in [4.78, 5) is 23.1. The van der Waals surface area contributed by atoms with Crippen LogP contribution in [0.25, 0.3) is 0 Å². The SMILES string of the molecule is CCCCCCCCCCCCCCCCCC(=O)O.CCCN(CCC)CCC(N)=O. The zero-order valence-electron chi connectivity index (χ0n) is 21.8. The Morgan fingerprint density at radius 2 is 0.938 bits per heavy atom. The van der Waals surface area contributed by atoms with Crippen molar-refractivity contribution in [2.24, 2.45) is 5.73 Å². The molecule has 0 aliphatic rings. The Balaban J connectivity index is 0. The van der Waals surface area contributed by atoms with Crippen LogP contribution in [0.2, 0.25) is 0 Å². The number of amides is 1. The van der Waals surface area contributed by atoms with E-state index >= 15 is 0 Å². The lowest BCUT2D eigenvalue weighted by molar-refractivity contribution is -0.137. The topological polar surface area (TPSA) is 83.6 Å². The summed E-state index contributed by atoms with van der Waals surface area (Å²) in [6.07, 6.45) is 23.0. The number of unbranched alkanes of at least 4 members (excludes halogenated alkanes) is 14. The van der Waals surface area contributed by atoms with Crippen LogP contribution in [0.15, 0.2) is 0 Å². The maximum Gasteiger partial charge on any atom is 0.303 e. The van der Waals surface area contributed by atoms with Crippen LogP contribution in [0.1, 0.15) is 143 Å². The summed E-state index contributed by atoms with van der Waals surface area (Å²) in [7, 11) is 0. The van der Waals surface area contributed by atoms with Gasteiger partial charge in [0.05, 0.1) is 0 Å². The molecule has 0 aromatic carbocycles. The molecule has 3 N–H and O–H groups in total. The van der Waals surface area contributed by atoms with E-state index in [1.807, 2.05) is 0 Å². The molecule has 0 bridgehead atoms. The molecule has 5 heteroatoms. The third kappa shape index (κ3) is 31.1. The summed E-state index contributed by atoms with van der Waals surface area (Å²) in [6.45, 7) is 9.52. The molecular weight excluding hydrogens is 400 g/mol. The molecule has 0 spiro atoms. The van der Waals surface area contributed by atoms with Crippen molar-refractivity contribution in [3.8, 4) is 0 Å². The minimum atomic E-state index is -0.653. The average Bonchev–Trinajstić information content (AvgIpc) is 2.75. The van der Waals surface area contributed by atoms with Gasteiger partial charge in [0, 0.05) is 19.4 Å². The molecule has 1 amide bonds. The summed E-state index contributed by atoms with van der Waals surface area (Å²) in [5.41, 5.74) is 5.07. The summed E-state index contributed by atoms with van der Waals surface area (Å²) < 4.78 is 0. The zero-order valence-corrected chi connectivity index (χ0v) is 21.8. The van der Waals surface area contributed by atoms with Crippen molar-refractivity contribution >= 4 is 11.9 Å². The molecule has 0 aromatic heterocycles. The van der Waals surface area contributed by atoms with Gasteiger partial charge >= 0.3 is 5.97 Å². The highest BCUT2D eigenvalue weighted by molar-refractivity contribution is 5.73. The van der Waals surface area contributed by atoms with Gasteiger partial charge in [-0.05, 0) is 32.4 Å². The molecule has 0 aliphatic carbocycles. The highest BCUT2D eigenvalue weighted by Crippen LogP contribution is 2.13. The van der Waals surface area contributed by atoms with E-state index < -0.39 is 5.97 Å². The van der Waals surface area contributed by atoms with E-state index in [-0.39, 0.29) is 5.91 Å². The molecule has 0 rings (SSSR count). The van der Waals surface area contributed by atoms with Crippen LogP contribution in [-0.2, 0) is 9.59 Å². The van der Waals surface area contributed by atoms with Gasteiger partial charge in [-0.2, -0.15) is 0 Å². The van der Waals surface area contributed by atoms with Crippen LogP contribution in [0, 0.1) is 0 Å². The molecule has 0 unspecified atom stereocenters. The molecule has 0 aliphatic heterocycles. The summed E-state index contributed by atoms with van der Waals surface area (Å²) in [6, 6.07) is 0. The van der Waals surface area contributed by atoms with Gasteiger partial charge in [-0.25, -0.2) is 0 Å². The van der Waals surface area contributed by atoms with Gasteiger partial charge < -0.3 is 15.7 Å². The van der Waals surface area contributed by atoms with E-state index in [2.05, 4.69) is 25.7 Å². The summed E-state index contributed by atoms with van der Waals surface area (Å²) >= 11 is 0. The number of aliphatic carboxylic acids is 1. The first-order valence-corrected chi connectivity index (χ1v) is 13.7. The molecule has 0 heterocycles.